The standard InChI is InChI=1S/C35H47O7PSi2/c1-25(35(45(7,8)9)43(37,41-27-16-12-10-13-17-27)42-28-18-14-11-15-19-28)20-21-29-32(38-3)26(2)30-24-40-34(36)31(30)33(29)39-22-23-44(4,5)6/h10-20,35H,21-24H2,1-9H3. The highest BCUT2D eigenvalue weighted by Gasteiger charge is 2.48. The highest BCUT2D eigenvalue weighted by atomic mass is 31.2. The van der Waals surface area contributed by atoms with Crippen LogP contribution in [0.25, 0.3) is 0 Å². The number of allylic oxidation sites excluding steroid dienone is 2. The van der Waals surface area contributed by atoms with Crippen molar-refractivity contribution in [2.24, 2.45) is 0 Å². The molecule has 0 aromatic heterocycles. The maximum atomic E-state index is 15.1. The van der Waals surface area contributed by atoms with Crippen molar-refractivity contribution in [2.45, 2.75) is 77.5 Å². The fourth-order valence-corrected chi connectivity index (χ4v) is 13.8. The number of fused-ring (bicyclic) bond motifs is 1. The summed E-state index contributed by atoms with van der Waals surface area (Å²) in [7, 11) is -5.83. The number of ether oxygens (including phenoxy) is 3. The number of benzene rings is 3. The molecule has 0 saturated heterocycles. The number of para-hydroxylation sites is 2. The maximum Gasteiger partial charge on any atom is 0.434 e. The summed E-state index contributed by atoms with van der Waals surface area (Å²) in [5.74, 6) is 1.79. The van der Waals surface area contributed by atoms with E-state index in [1.807, 2.05) is 50.2 Å². The number of esters is 1. The Balaban J connectivity index is 1.81. The second-order valence-electron chi connectivity index (χ2n) is 13.8. The lowest BCUT2D eigenvalue weighted by Gasteiger charge is -2.35. The first-order chi connectivity index (χ1) is 21.1. The van der Waals surface area contributed by atoms with Gasteiger partial charge in [-0.1, -0.05) is 87.3 Å². The molecule has 0 aliphatic carbocycles. The van der Waals surface area contributed by atoms with Crippen LogP contribution in [0.4, 0.5) is 0 Å². The first-order valence-electron chi connectivity index (χ1n) is 15.4. The summed E-state index contributed by atoms with van der Waals surface area (Å²) in [6.07, 6.45) is 2.46. The molecule has 0 bridgehead atoms. The zero-order valence-corrected chi connectivity index (χ0v) is 31.0. The normalized spacial score (nSPS) is 14.4. The average molecular weight is 667 g/mol. The van der Waals surface area contributed by atoms with Gasteiger partial charge in [0.2, 0.25) is 0 Å². The van der Waals surface area contributed by atoms with Gasteiger partial charge in [-0.05, 0) is 56.1 Å². The van der Waals surface area contributed by atoms with E-state index >= 15 is 4.57 Å². The number of hydrogen-bond donors (Lipinski definition) is 0. The van der Waals surface area contributed by atoms with Crippen molar-refractivity contribution in [3.05, 3.63) is 94.6 Å². The van der Waals surface area contributed by atoms with Gasteiger partial charge in [0.25, 0.3) is 0 Å². The predicted molar refractivity (Wildman–Crippen MR) is 187 cm³/mol. The summed E-state index contributed by atoms with van der Waals surface area (Å²) >= 11 is 0. The zero-order chi connectivity index (χ0) is 33.0. The smallest absolute Gasteiger partial charge is 0.434 e. The monoisotopic (exact) mass is 666 g/mol. The number of hydrogen-bond acceptors (Lipinski definition) is 7. The lowest BCUT2D eigenvalue weighted by Crippen LogP contribution is -2.41. The van der Waals surface area contributed by atoms with Gasteiger partial charge < -0.3 is 23.3 Å². The second-order valence-corrected chi connectivity index (χ2v) is 27.2. The lowest BCUT2D eigenvalue weighted by molar-refractivity contribution is 0.0532. The Morgan fingerprint density at radius 1 is 0.933 bits per heavy atom. The van der Waals surface area contributed by atoms with Crippen LogP contribution in [0.1, 0.15) is 34.0 Å². The molecule has 0 fully saturated rings. The minimum Gasteiger partial charge on any atom is -0.496 e. The first kappa shape index (κ1) is 34.6. The van der Waals surface area contributed by atoms with Crippen molar-refractivity contribution in [3.63, 3.8) is 0 Å². The predicted octanol–water partition coefficient (Wildman–Crippen LogP) is 9.48. The van der Waals surface area contributed by atoms with E-state index in [1.165, 1.54) is 0 Å². The number of carbonyl (C=O) groups excluding carboxylic acids is 1. The molecule has 0 spiro atoms. The van der Waals surface area contributed by atoms with Gasteiger partial charge in [0.15, 0.2) is 0 Å². The Morgan fingerprint density at radius 3 is 1.98 bits per heavy atom. The van der Waals surface area contributed by atoms with Gasteiger partial charge in [-0.2, -0.15) is 0 Å². The summed E-state index contributed by atoms with van der Waals surface area (Å²) in [4.78, 5) is 13.0. The molecule has 10 heteroatoms. The van der Waals surface area contributed by atoms with Crippen molar-refractivity contribution in [3.8, 4) is 23.0 Å². The van der Waals surface area contributed by atoms with E-state index in [2.05, 4.69) is 45.4 Å². The molecule has 4 rings (SSSR count). The molecule has 0 amide bonds. The van der Waals surface area contributed by atoms with E-state index < -0.39 is 29.0 Å². The second kappa shape index (κ2) is 14.0. The van der Waals surface area contributed by atoms with Crippen molar-refractivity contribution in [2.75, 3.05) is 13.7 Å². The highest BCUT2D eigenvalue weighted by molar-refractivity contribution is 7.59. The highest BCUT2D eigenvalue weighted by Crippen LogP contribution is 2.58. The minimum atomic E-state index is -3.81. The molecule has 1 aliphatic rings. The minimum absolute atomic E-state index is 0.199. The first-order valence-corrected chi connectivity index (χ1v) is 24.3. The summed E-state index contributed by atoms with van der Waals surface area (Å²) < 4.78 is 45.6. The van der Waals surface area contributed by atoms with Gasteiger partial charge in [0.05, 0.1) is 27.1 Å². The van der Waals surface area contributed by atoms with Crippen LogP contribution in [0.5, 0.6) is 23.0 Å². The Morgan fingerprint density at radius 2 is 1.49 bits per heavy atom. The van der Waals surface area contributed by atoms with Crippen LogP contribution >= 0.6 is 7.60 Å². The fraction of sp³-hybridized carbons (Fsp3) is 0.400. The third kappa shape index (κ3) is 8.31. The molecule has 242 valence electrons. The molecule has 0 radical (unpaired) electrons. The van der Waals surface area contributed by atoms with Crippen LogP contribution in [0.3, 0.4) is 0 Å². The molecular formula is C35H47O7PSi2. The maximum absolute atomic E-state index is 15.1. The summed E-state index contributed by atoms with van der Waals surface area (Å²) in [5, 5.41) is -0.479. The van der Waals surface area contributed by atoms with E-state index in [1.54, 1.807) is 31.4 Å². The quantitative estimate of drug-likeness (QED) is 0.0734. The van der Waals surface area contributed by atoms with E-state index in [-0.39, 0.29) is 12.6 Å². The van der Waals surface area contributed by atoms with Crippen LogP contribution in [-0.4, -0.2) is 41.1 Å². The van der Waals surface area contributed by atoms with Gasteiger partial charge in [0, 0.05) is 19.2 Å². The summed E-state index contributed by atoms with van der Waals surface area (Å²) in [6.45, 7) is 18.0. The largest absolute Gasteiger partial charge is 0.496 e. The molecule has 1 atom stereocenters. The van der Waals surface area contributed by atoms with Crippen molar-refractivity contribution in [1.29, 1.82) is 0 Å². The van der Waals surface area contributed by atoms with Crippen LogP contribution in [0.2, 0.25) is 45.3 Å². The van der Waals surface area contributed by atoms with Crippen LogP contribution in [0, 0.1) is 6.92 Å². The molecule has 45 heavy (non-hydrogen) atoms. The number of rotatable bonds is 14. The molecule has 3 aromatic rings. The van der Waals surface area contributed by atoms with E-state index in [9.17, 15) is 4.79 Å². The molecule has 3 aromatic carbocycles. The molecule has 0 saturated carbocycles. The van der Waals surface area contributed by atoms with E-state index in [4.69, 9.17) is 23.3 Å². The Labute approximate surface area is 270 Å². The van der Waals surface area contributed by atoms with Crippen LogP contribution in [-0.2, 0) is 22.3 Å². The zero-order valence-electron chi connectivity index (χ0n) is 28.1. The molecule has 0 N–H and O–H groups in total. The van der Waals surface area contributed by atoms with Crippen molar-refractivity contribution < 1.29 is 32.6 Å². The van der Waals surface area contributed by atoms with Gasteiger partial charge in [0.1, 0.15) is 35.2 Å². The Hall–Kier alpha value is -3.27. The van der Waals surface area contributed by atoms with Gasteiger partial charge in [-0.3, -0.25) is 0 Å². The third-order valence-corrected chi connectivity index (χ3v) is 16.9. The van der Waals surface area contributed by atoms with E-state index in [0.29, 0.717) is 41.6 Å². The van der Waals surface area contributed by atoms with Gasteiger partial charge in [-0.15, -0.1) is 0 Å². The topological polar surface area (TPSA) is 80.3 Å². The molecule has 1 unspecified atom stereocenters. The Bertz CT molecular complexity index is 1530. The SMILES string of the molecule is COc1c(C)c2c(c(OCC[Si](C)(C)C)c1CC=C(C)C([Si](C)(C)C)P(=O)(Oc1ccccc1)Oc1ccccc1)C(=O)OC2. The number of carbonyl (C=O) groups is 1. The van der Waals surface area contributed by atoms with Gasteiger partial charge >= 0.3 is 13.6 Å². The fourth-order valence-electron chi connectivity index (χ4n) is 5.79. The van der Waals surface area contributed by atoms with E-state index in [0.717, 1.165) is 28.3 Å². The summed E-state index contributed by atoms with van der Waals surface area (Å²) in [6, 6.07) is 19.3. The Kier molecular flexibility index (Phi) is 10.8. The van der Waals surface area contributed by atoms with Crippen LogP contribution < -0.4 is 18.5 Å². The molecule has 7 nitrogen and oxygen atoms in total. The van der Waals surface area contributed by atoms with Crippen LogP contribution in [0.15, 0.2) is 72.3 Å². The average Bonchev–Trinajstić information content (AvgIpc) is 3.34. The molecular weight excluding hydrogens is 620 g/mol. The lowest BCUT2D eigenvalue weighted by atomic mass is 9.95. The molecule has 1 heterocycles. The van der Waals surface area contributed by atoms with Crippen molar-refractivity contribution in [1.82, 2.24) is 0 Å². The van der Waals surface area contributed by atoms with Crippen molar-refractivity contribution >= 4 is 29.7 Å². The summed E-state index contributed by atoms with van der Waals surface area (Å²) in [5.41, 5.74) is 3.82. The third-order valence-electron chi connectivity index (χ3n) is 7.87. The molecule has 1 aliphatic heterocycles. The number of methoxy groups -OCH3 is 1. The number of cyclic esters (lactones) is 1. The van der Waals surface area contributed by atoms with Gasteiger partial charge in [-0.25, -0.2) is 9.36 Å².